The van der Waals surface area contributed by atoms with Crippen LogP contribution >= 0.6 is 0 Å². The number of carbonyl (C=O) groups excluding carboxylic acids is 1. The van der Waals surface area contributed by atoms with E-state index in [1.807, 2.05) is 30.3 Å². The van der Waals surface area contributed by atoms with E-state index in [1.54, 1.807) is 24.5 Å². The Bertz CT molecular complexity index is 923. The number of nitrogens with one attached hydrogen (secondary N) is 1. The second kappa shape index (κ2) is 8.65. The molecule has 0 atom stereocenters. The lowest BCUT2D eigenvalue weighted by Gasteiger charge is -2.17. The zero-order valence-electron chi connectivity index (χ0n) is 15.6. The maximum absolute atomic E-state index is 13.2. The second-order valence-corrected chi connectivity index (χ2v) is 6.99. The highest BCUT2D eigenvalue weighted by atomic mass is 16.3. The number of amides is 1. The van der Waals surface area contributed by atoms with E-state index < -0.39 is 0 Å². The van der Waals surface area contributed by atoms with Crippen LogP contribution < -0.4 is 5.32 Å². The van der Waals surface area contributed by atoms with E-state index >= 15 is 0 Å². The fraction of sp³-hybridized carbons (Fsp3) is 0.333. The SMILES string of the molecule is O=C(NC1CCCCCC1)/C(=C\c1ccco1)n1nnnc1-c1ccccc1. The molecule has 2 heterocycles. The van der Waals surface area contributed by atoms with Crippen molar-refractivity contribution in [1.29, 1.82) is 0 Å². The molecular weight excluding hydrogens is 354 g/mol. The van der Waals surface area contributed by atoms with E-state index in [0.717, 1.165) is 31.2 Å². The standard InChI is InChI=1S/C21H23N5O2/c27-21(22-17-11-6-1-2-7-12-17)19(15-18-13-8-14-28-18)26-20(23-24-25-26)16-9-4-3-5-10-16/h3-5,8-10,13-15,17H,1-2,6-7,11-12H2,(H,22,27)/b19-15+. The van der Waals surface area contributed by atoms with Gasteiger partial charge in [0.2, 0.25) is 0 Å². The predicted octanol–water partition coefficient (Wildman–Crippen LogP) is 3.77. The molecule has 0 radical (unpaired) electrons. The van der Waals surface area contributed by atoms with Crippen molar-refractivity contribution in [1.82, 2.24) is 25.5 Å². The molecule has 1 fully saturated rings. The minimum absolute atomic E-state index is 0.173. The van der Waals surface area contributed by atoms with Crippen molar-refractivity contribution < 1.29 is 9.21 Å². The van der Waals surface area contributed by atoms with Gasteiger partial charge >= 0.3 is 0 Å². The number of tetrazole rings is 1. The molecule has 1 aliphatic carbocycles. The van der Waals surface area contributed by atoms with E-state index in [2.05, 4.69) is 20.8 Å². The van der Waals surface area contributed by atoms with Crippen molar-refractivity contribution >= 4 is 17.7 Å². The summed E-state index contributed by atoms with van der Waals surface area (Å²) in [4.78, 5) is 13.2. The Morgan fingerprint density at radius 3 is 2.57 bits per heavy atom. The quantitative estimate of drug-likeness (QED) is 0.540. The van der Waals surface area contributed by atoms with Crippen molar-refractivity contribution in [2.45, 2.75) is 44.6 Å². The summed E-state index contributed by atoms with van der Waals surface area (Å²) in [7, 11) is 0. The first-order valence-corrected chi connectivity index (χ1v) is 9.71. The molecule has 2 aromatic heterocycles. The third-order valence-electron chi connectivity index (χ3n) is 4.97. The monoisotopic (exact) mass is 377 g/mol. The molecule has 1 amide bonds. The molecule has 0 saturated heterocycles. The molecule has 7 nitrogen and oxygen atoms in total. The zero-order chi connectivity index (χ0) is 19.2. The van der Waals surface area contributed by atoms with Crippen molar-refractivity contribution in [3.63, 3.8) is 0 Å². The largest absolute Gasteiger partial charge is 0.465 e. The Hall–Kier alpha value is -3.22. The summed E-state index contributed by atoms with van der Waals surface area (Å²) in [6.07, 6.45) is 9.99. The number of benzene rings is 1. The minimum Gasteiger partial charge on any atom is -0.465 e. The summed E-state index contributed by atoms with van der Waals surface area (Å²) in [6, 6.07) is 13.3. The number of carbonyl (C=O) groups is 1. The topological polar surface area (TPSA) is 85.8 Å². The molecule has 1 N–H and O–H groups in total. The fourth-order valence-electron chi connectivity index (χ4n) is 3.53. The van der Waals surface area contributed by atoms with Gasteiger partial charge < -0.3 is 9.73 Å². The first-order chi connectivity index (χ1) is 13.8. The molecule has 3 aromatic rings. The first-order valence-electron chi connectivity index (χ1n) is 9.71. The van der Waals surface area contributed by atoms with Crippen LogP contribution in [0.15, 0.2) is 53.1 Å². The predicted molar refractivity (Wildman–Crippen MR) is 106 cm³/mol. The van der Waals surface area contributed by atoms with Crippen LogP contribution in [0.4, 0.5) is 0 Å². The maximum Gasteiger partial charge on any atom is 0.270 e. The van der Waals surface area contributed by atoms with Gasteiger partial charge in [0.15, 0.2) is 5.82 Å². The number of aromatic nitrogens is 4. The lowest BCUT2D eigenvalue weighted by molar-refractivity contribution is -0.116. The van der Waals surface area contributed by atoms with Gasteiger partial charge in [0, 0.05) is 17.7 Å². The molecule has 1 aromatic carbocycles. The van der Waals surface area contributed by atoms with Crippen molar-refractivity contribution in [2.75, 3.05) is 0 Å². The smallest absolute Gasteiger partial charge is 0.270 e. The van der Waals surface area contributed by atoms with Crippen LogP contribution in [0.3, 0.4) is 0 Å². The Balaban J connectivity index is 1.67. The third-order valence-corrected chi connectivity index (χ3v) is 4.97. The summed E-state index contributed by atoms with van der Waals surface area (Å²) < 4.78 is 6.91. The molecule has 1 saturated carbocycles. The van der Waals surface area contributed by atoms with Gasteiger partial charge in [0.25, 0.3) is 5.91 Å². The van der Waals surface area contributed by atoms with Gasteiger partial charge in [-0.05, 0) is 35.4 Å². The average Bonchev–Trinajstić information content (AvgIpc) is 3.35. The van der Waals surface area contributed by atoms with Crippen LogP contribution in [0.5, 0.6) is 0 Å². The number of hydrogen-bond acceptors (Lipinski definition) is 5. The number of rotatable bonds is 5. The van der Waals surface area contributed by atoms with Crippen LogP contribution in [0.1, 0.15) is 44.3 Å². The number of furan rings is 1. The Kier molecular flexibility index (Phi) is 5.61. The van der Waals surface area contributed by atoms with Crippen LogP contribution in [0.25, 0.3) is 23.2 Å². The highest BCUT2D eigenvalue weighted by molar-refractivity contribution is 6.18. The van der Waals surface area contributed by atoms with E-state index in [-0.39, 0.29) is 11.9 Å². The van der Waals surface area contributed by atoms with Crippen LogP contribution in [0.2, 0.25) is 0 Å². The van der Waals surface area contributed by atoms with Gasteiger partial charge in [-0.1, -0.05) is 56.0 Å². The van der Waals surface area contributed by atoms with Gasteiger partial charge in [-0.25, -0.2) is 0 Å². The summed E-state index contributed by atoms with van der Waals surface area (Å²) >= 11 is 0. The Labute approximate surface area is 163 Å². The first kappa shape index (κ1) is 18.2. The lowest BCUT2D eigenvalue weighted by Crippen LogP contribution is -2.36. The molecule has 144 valence electrons. The van der Waals surface area contributed by atoms with Gasteiger partial charge in [-0.15, -0.1) is 5.10 Å². The van der Waals surface area contributed by atoms with Gasteiger partial charge in [0.1, 0.15) is 11.5 Å². The normalized spacial score (nSPS) is 15.9. The van der Waals surface area contributed by atoms with Crippen molar-refractivity contribution in [3.05, 3.63) is 54.5 Å². The van der Waals surface area contributed by atoms with Gasteiger partial charge in [-0.3, -0.25) is 4.79 Å². The average molecular weight is 377 g/mol. The van der Waals surface area contributed by atoms with Crippen molar-refractivity contribution in [3.8, 4) is 11.4 Å². The summed E-state index contributed by atoms with van der Waals surface area (Å²) in [5.41, 5.74) is 1.17. The molecular formula is C21H23N5O2. The van der Waals surface area contributed by atoms with Crippen LogP contribution in [-0.4, -0.2) is 32.2 Å². The lowest BCUT2D eigenvalue weighted by atomic mass is 10.1. The molecule has 1 aliphatic rings. The number of nitrogens with zero attached hydrogens (tertiary/aromatic N) is 4. The van der Waals surface area contributed by atoms with Gasteiger partial charge in [0.05, 0.1) is 6.26 Å². The second-order valence-electron chi connectivity index (χ2n) is 6.99. The fourth-order valence-corrected chi connectivity index (χ4v) is 3.53. The maximum atomic E-state index is 13.2. The summed E-state index contributed by atoms with van der Waals surface area (Å²) in [5.74, 6) is 0.878. The Morgan fingerprint density at radius 1 is 1.07 bits per heavy atom. The van der Waals surface area contributed by atoms with Crippen molar-refractivity contribution in [2.24, 2.45) is 0 Å². The van der Waals surface area contributed by atoms with Gasteiger partial charge in [-0.2, -0.15) is 4.68 Å². The van der Waals surface area contributed by atoms with E-state index in [4.69, 9.17) is 4.42 Å². The molecule has 0 aliphatic heterocycles. The highest BCUT2D eigenvalue weighted by Crippen LogP contribution is 2.22. The highest BCUT2D eigenvalue weighted by Gasteiger charge is 2.22. The van der Waals surface area contributed by atoms with Crippen LogP contribution in [0, 0.1) is 0 Å². The summed E-state index contributed by atoms with van der Waals surface area (Å²) in [6.45, 7) is 0. The van der Waals surface area contributed by atoms with Crippen LogP contribution in [-0.2, 0) is 4.79 Å². The van der Waals surface area contributed by atoms with E-state index in [0.29, 0.717) is 17.3 Å². The van der Waals surface area contributed by atoms with E-state index in [1.165, 1.54) is 17.5 Å². The molecule has 4 rings (SSSR count). The molecule has 0 unspecified atom stereocenters. The minimum atomic E-state index is -0.201. The molecule has 0 spiro atoms. The molecule has 0 bridgehead atoms. The molecule has 7 heteroatoms. The zero-order valence-corrected chi connectivity index (χ0v) is 15.6. The number of hydrogen-bond donors (Lipinski definition) is 1. The van der Waals surface area contributed by atoms with E-state index in [9.17, 15) is 4.79 Å². The Morgan fingerprint density at radius 2 is 1.86 bits per heavy atom. The third kappa shape index (κ3) is 4.19. The summed E-state index contributed by atoms with van der Waals surface area (Å²) in [5, 5.41) is 15.2. The molecule has 28 heavy (non-hydrogen) atoms.